The summed E-state index contributed by atoms with van der Waals surface area (Å²) in [6.45, 7) is 5.59. The van der Waals surface area contributed by atoms with Crippen LogP contribution in [0.15, 0.2) is 58.5 Å². The Morgan fingerprint density at radius 1 is 1.09 bits per heavy atom. The Balaban J connectivity index is 1.41. The first kappa shape index (κ1) is 24.0. The number of piperidine rings is 1. The lowest BCUT2D eigenvalue weighted by Gasteiger charge is -2.33. The number of rotatable bonds is 6. The smallest absolute Gasteiger partial charge is 0.285 e. The van der Waals surface area contributed by atoms with E-state index in [9.17, 15) is 13.2 Å². The Labute approximate surface area is 201 Å². The van der Waals surface area contributed by atoms with Crippen molar-refractivity contribution in [1.29, 1.82) is 0 Å². The molecule has 2 aromatic carbocycles. The minimum absolute atomic E-state index is 0.0306. The Kier molecular flexibility index (Phi) is 7.07. The summed E-state index contributed by atoms with van der Waals surface area (Å²) in [5.41, 5.74) is 3.52. The molecule has 2 aromatic rings. The second kappa shape index (κ2) is 10.0. The van der Waals surface area contributed by atoms with E-state index in [1.807, 2.05) is 67.3 Å². The summed E-state index contributed by atoms with van der Waals surface area (Å²) in [7, 11) is -2.13. The van der Waals surface area contributed by atoms with Crippen LogP contribution in [-0.2, 0) is 21.4 Å². The number of hydrogen-bond acceptors (Lipinski definition) is 5. The number of benzene rings is 2. The summed E-state index contributed by atoms with van der Waals surface area (Å²) in [5.74, 6) is 1.25. The van der Waals surface area contributed by atoms with E-state index in [0.717, 1.165) is 22.4 Å². The zero-order valence-corrected chi connectivity index (χ0v) is 20.7. The number of carbonyl (C=O) groups is 1. The Morgan fingerprint density at radius 2 is 1.74 bits per heavy atom. The largest absolute Gasteiger partial charge is 0.497 e. The fourth-order valence-corrected chi connectivity index (χ4v) is 6.02. The van der Waals surface area contributed by atoms with Crippen molar-refractivity contribution in [1.82, 2.24) is 10.2 Å². The predicted octanol–water partition coefficient (Wildman–Crippen LogP) is 3.90. The van der Waals surface area contributed by atoms with Gasteiger partial charge in [-0.2, -0.15) is 8.42 Å². The highest BCUT2D eigenvalue weighted by Gasteiger charge is 2.36. The van der Waals surface area contributed by atoms with Crippen molar-refractivity contribution in [2.75, 3.05) is 20.2 Å². The van der Waals surface area contributed by atoms with Gasteiger partial charge in [0.05, 0.1) is 7.11 Å². The molecular weight excluding hydrogens is 450 g/mol. The van der Waals surface area contributed by atoms with Crippen molar-refractivity contribution in [2.45, 2.75) is 39.7 Å². The number of likely N-dealkylation sites (tertiary alicyclic amines) is 1. The molecule has 0 saturated carbocycles. The minimum atomic E-state index is -3.75. The number of amides is 1. The highest BCUT2D eigenvalue weighted by atomic mass is 32.2. The van der Waals surface area contributed by atoms with Gasteiger partial charge in [0.1, 0.15) is 16.5 Å². The van der Waals surface area contributed by atoms with E-state index in [0.29, 0.717) is 55.2 Å². The maximum absolute atomic E-state index is 13.0. The number of hydrogen-bond donors (Lipinski definition) is 1. The van der Waals surface area contributed by atoms with Gasteiger partial charge in [0.25, 0.3) is 10.0 Å². The van der Waals surface area contributed by atoms with Crippen LogP contribution < -0.4 is 10.1 Å². The highest BCUT2D eigenvalue weighted by molar-refractivity contribution is 8.00. The Hall–Kier alpha value is -3.13. The average Bonchev–Trinajstić information content (AvgIpc) is 3.13. The molecule has 0 unspecified atom stereocenters. The maximum atomic E-state index is 13.0. The molecule has 1 amide bonds. The van der Waals surface area contributed by atoms with Gasteiger partial charge in [0, 0.05) is 31.1 Å². The van der Waals surface area contributed by atoms with Crippen molar-refractivity contribution in [2.24, 2.45) is 10.3 Å². The first-order valence-electron chi connectivity index (χ1n) is 11.6. The Bertz CT molecular complexity index is 1210. The van der Waals surface area contributed by atoms with E-state index in [-0.39, 0.29) is 11.8 Å². The summed E-state index contributed by atoms with van der Waals surface area (Å²) in [5, 5.41) is 3.02. The predicted molar refractivity (Wildman–Crippen MR) is 134 cm³/mol. The number of aryl methyl sites for hydroxylation is 1. The molecule has 2 aliphatic rings. The third kappa shape index (κ3) is 5.01. The van der Waals surface area contributed by atoms with Gasteiger partial charge in [-0.15, -0.1) is 4.40 Å². The normalized spacial score (nSPS) is 18.1. The first-order chi connectivity index (χ1) is 16.3. The van der Waals surface area contributed by atoms with Gasteiger partial charge >= 0.3 is 0 Å². The van der Waals surface area contributed by atoms with Crippen LogP contribution in [0, 0.1) is 12.8 Å². The van der Waals surface area contributed by atoms with Crippen LogP contribution in [0.25, 0.3) is 4.91 Å². The van der Waals surface area contributed by atoms with Gasteiger partial charge in [-0.25, -0.2) is 0 Å². The SMILES string of the molecule is CCC1=C(c2ccc(C)cc2)S(=O)(=O)N=C1N1CCC(C(=O)NCc2ccc(OC)cc2)CC1. The molecule has 1 saturated heterocycles. The number of nitrogens with one attached hydrogen (secondary N) is 1. The molecule has 0 atom stereocenters. The summed E-state index contributed by atoms with van der Waals surface area (Å²) < 4.78 is 35.2. The summed E-state index contributed by atoms with van der Waals surface area (Å²) >= 11 is 0. The van der Waals surface area contributed by atoms with E-state index >= 15 is 0 Å². The molecule has 0 aliphatic carbocycles. The van der Waals surface area contributed by atoms with Crippen molar-refractivity contribution < 1.29 is 17.9 Å². The molecule has 0 aromatic heterocycles. The van der Waals surface area contributed by atoms with E-state index in [1.54, 1.807) is 7.11 Å². The van der Waals surface area contributed by atoms with Crippen LogP contribution in [0.4, 0.5) is 0 Å². The molecule has 8 heteroatoms. The van der Waals surface area contributed by atoms with Gasteiger partial charge in [-0.1, -0.05) is 48.9 Å². The third-order valence-electron chi connectivity index (χ3n) is 6.47. The average molecular weight is 482 g/mol. The highest BCUT2D eigenvalue weighted by Crippen LogP contribution is 2.36. The van der Waals surface area contributed by atoms with Gasteiger partial charge in [-0.3, -0.25) is 4.79 Å². The number of nitrogens with zero attached hydrogens (tertiary/aromatic N) is 2. The van der Waals surface area contributed by atoms with E-state index in [2.05, 4.69) is 9.71 Å². The van der Waals surface area contributed by atoms with Crippen molar-refractivity contribution in [3.63, 3.8) is 0 Å². The third-order valence-corrected chi connectivity index (χ3v) is 7.88. The van der Waals surface area contributed by atoms with Crippen LogP contribution in [0.3, 0.4) is 0 Å². The molecule has 2 aliphatic heterocycles. The second-order valence-corrected chi connectivity index (χ2v) is 10.3. The number of amidine groups is 1. The lowest BCUT2D eigenvalue weighted by Crippen LogP contribution is -2.43. The van der Waals surface area contributed by atoms with Crippen LogP contribution in [0.1, 0.15) is 42.9 Å². The van der Waals surface area contributed by atoms with Gasteiger partial charge in [0.15, 0.2) is 0 Å². The summed E-state index contributed by atoms with van der Waals surface area (Å²) in [4.78, 5) is 15.0. The molecular formula is C26H31N3O4S. The molecule has 1 fully saturated rings. The molecule has 1 N–H and O–H groups in total. The molecule has 2 heterocycles. The standard InChI is InChI=1S/C26H31N3O4S/c1-4-23-24(20-9-5-18(2)6-10-20)34(31,32)28-25(23)29-15-13-21(14-16-29)26(30)27-17-19-7-11-22(33-3)12-8-19/h5-12,21H,4,13-17H2,1-3H3,(H,27,30). The molecule has 34 heavy (non-hydrogen) atoms. The number of sulfonamides is 1. The summed E-state index contributed by atoms with van der Waals surface area (Å²) in [6.07, 6.45) is 1.89. The molecule has 0 spiro atoms. The van der Waals surface area contributed by atoms with Gasteiger partial charge < -0.3 is 15.0 Å². The molecule has 0 bridgehead atoms. The van der Waals surface area contributed by atoms with Crippen molar-refractivity contribution >= 4 is 26.7 Å². The van der Waals surface area contributed by atoms with Crippen LogP contribution >= 0.6 is 0 Å². The monoisotopic (exact) mass is 481 g/mol. The molecule has 4 rings (SSSR count). The molecule has 0 radical (unpaired) electrons. The maximum Gasteiger partial charge on any atom is 0.285 e. The van der Waals surface area contributed by atoms with E-state index in [1.165, 1.54) is 0 Å². The second-order valence-electron chi connectivity index (χ2n) is 8.74. The lowest BCUT2D eigenvalue weighted by atomic mass is 9.94. The van der Waals surface area contributed by atoms with Crippen LogP contribution in [0.2, 0.25) is 0 Å². The number of methoxy groups -OCH3 is 1. The first-order valence-corrected chi connectivity index (χ1v) is 13.1. The van der Waals surface area contributed by atoms with Crippen molar-refractivity contribution in [3.05, 3.63) is 70.8 Å². The quantitative estimate of drug-likeness (QED) is 0.676. The fraction of sp³-hybridized carbons (Fsp3) is 0.385. The molecule has 7 nitrogen and oxygen atoms in total. The van der Waals surface area contributed by atoms with Crippen molar-refractivity contribution in [3.8, 4) is 5.75 Å². The van der Waals surface area contributed by atoms with Gasteiger partial charge in [-0.05, 0) is 49.4 Å². The Morgan fingerprint density at radius 3 is 2.32 bits per heavy atom. The zero-order valence-electron chi connectivity index (χ0n) is 19.9. The van der Waals surface area contributed by atoms with Crippen LogP contribution in [-0.4, -0.2) is 45.3 Å². The zero-order chi connectivity index (χ0) is 24.3. The van der Waals surface area contributed by atoms with E-state index in [4.69, 9.17) is 4.74 Å². The number of ether oxygens (including phenoxy) is 1. The minimum Gasteiger partial charge on any atom is -0.497 e. The van der Waals surface area contributed by atoms with E-state index < -0.39 is 10.0 Å². The number of carbonyl (C=O) groups excluding carboxylic acids is 1. The van der Waals surface area contributed by atoms with Gasteiger partial charge in [0.2, 0.25) is 5.91 Å². The fourth-order valence-electron chi connectivity index (χ4n) is 4.50. The lowest BCUT2D eigenvalue weighted by molar-refractivity contribution is -0.126. The topological polar surface area (TPSA) is 88.1 Å². The molecule has 180 valence electrons. The summed E-state index contributed by atoms with van der Waals surface area (Å²) in [6, 6.07) is 15.1. The van der Waals surface area contributed by atoms with Crippen LogP contribution in [0.5, 0.6) is 5.75 Å².